The second kappa shape index (κ2) is 8.33. The largest absolute Gasteiger partial charge is 0.365 e. The highest BCUT2D eigenvalue weighted by Gasteiger charge is 2.25. The molecule has 2 aromatic rings. The van der Waals surface area contributed by atoms with E-state index in [0.717, 1.165) is 41.7 Å². The standard InChI is InChI=1S/C20H22N4O2S/c1-24(11-14-6-4-5-13(9-14)10-21)12-17(25)23-20-18(19(22)26)15-7-2-3-8-16(15)27-20/h4-6,9H,2-3,7-8,11-12H2,1H3,(H2,22,26)(H,23,25). The monoisotopic (exact) mass is 382 g/mol. The van der Waals surface area contributed by atoms with Gasteiger partial charge in [0.25, 0.3) is 5.91 Å². The summed E-state index contributed by atoms with van der Waals surface area (Å²) in [6.07, 6.45) is 3.92. The summed E-state index contributed by atoms with van der Waals surface area (Å²) in [5.41, 5.74) is 8.62. The SMILES string of the molecule is CN(CC(=O)Nc1sc2c(c1C(N)=O)CCCC2)Cc1cccc(C#N)c1. The van der Waals surface area contributed by atoms with Gasteiger partial charge in [0.1, 0.15) is 5.00 Å². The normalized spacial score (nSPS) is 13.1. The molecule has 27 heavy (non-hydrogen) atoms. The first-order chi connectivity index (χ1) is 13.0. The molecule has 0 saturated heterocycles. The van der Waals surface area contributed by atoms with Gasteiger partial charge in [0.15, 0.2) is 0 Å². The minimum atomic E-state index is -0.480. The van der Waals surface area contributed by atoms with Gasteiger partial charge >= 0.3 is 0 Å². The molecule has 1 aromatic heterocycles. The van der Waals surface area contributed by atoms with E-state index in [1.54, 1.807) is 6.07 Å². The number of likely N-dealkylation sites (N-methyl/N-ethyl adjacent to an activating group) is 1. The van der Waals surface area contributed by atoms with Crippen LogP contribution in [0.15, 0.2) is 24.3 Å². The molecule has 3 rings (SSSR count). The van der Waals surface area contributed by atoms with Crippen LogP contribution >= 0.6 is 11.3 Å². The zero-order valence-corrected chi connectivity index (χ0v) is 16.1. The zero-order chi connectivity index (χ0) is 19.4. The molecule has 1 aromatic carbocycles. The lowest BCUT2D eigenvalue weighted by Gasteiger charge is -2.16. The molecule has 0 radical (unpaired) electrons. The minimum absolute atomic E-state index is 0.178. The van der Waals surface area contributed by atoms with Crippen molar-refractivity contribution in [1.82, 2.24) is 4.90 Å². The van der Waals surface area contributed by atoms with Gasteiger partial charge in [-0.15, -0.1) is 11.3 Å². The number of carbonyl (C=O) groups is 2. The molecule has 3 N–H and O–H groups in total. The molecule has 0 spiro atoms. The van der Waals surface area contributed by atoms with E-state index in [-0.39, 0.29) is 12.5 Å². The number of fused-ring (bicyclic) bond motifs is 1. The lowest BCUT2D eigenvalue weighted by Crippen LogP contribution is -2.30. The van der Waals surface area contributed by atoms with Crippen molar-refractivity contribution in [2.75, 3.05) is 18.9 Å². The number of primary amides is 1. The fraction of sp³-hybridized carbons (Fsp3) is 0.350. The van der Waals surface area contributed by atoms with E-state index in [9.17, 15) is 9.59 Å². The van der Waals surface area contributed by atoms with Crippen LogP contribution in [0, 0.1) is 11.3 Å². The second-order valence-electron chi connectivity index (χ2n) is 6.81. The van der Waals surface area contributed by atoms with E-state index < -0.39 is 5.91 Å². The molecule has 0 bridgehead atoms. The molecule has 1 heterocycles. The lowest BCUT2D eigenvalue weighted by atomic mass is 9.95. The third-order valence-electron chi connectivity index (χ3n) is 4.59. The summed E-state index contributed by atoms with van der Waals surface area (Å²) in [5, 5.41) is 12.4. The van der Waals surface area contributed by atoms with Crippen molar-refractivity contribution >= 4 is 28.2 Å². The number of amides is 2. The number of hydrogen-bond acceptors (Lipinski definition) is 5. The van der Waals surface area contributed by atoms with Gasteiger partial charge in [-0.05, 0) is 56.0 Å². The summed E-state index contributed by atoms with van der Waals surface area (Å²) in [6.45, 7) is 0.726. The molecule has 0 fully saturated rings. The summed E-state index contributed by atoms with van der Waals surface area (Å²) in [5.74, 6) is -0.665. The summed E-state index contributed by atoms with van der Waals surface area (Å²) < 4.78 is 0. The first kappa shape index (κ1) is 19.1. The van der Waals surface area contributed by atoms with Gasteiger partial charge in [-0.25, -0.2) is 0 Å². The van der Waals surface area contributed by atoms with Crippen molar-refractivity contribution in [3.8, 4) is 6.07 Å². The van der Waals surface area contributed by atoms with E-state index in [2.05, 4.69) is 11.4 Å². The van der Waals surface area contributed by atoms with Crippen LogP contribution in [-0.2, 0) is 24.2 Å². The van der Waals surface area contributed by atoms with Crippen LogP contribution in [-0.4, -0.2) is 30.3 Å². The molecular weight excluding hydrogens is 360 g/mol. The third-order valence-corrected chi connectivity index (χ3v) is 5.80. The fourth-order valence-corrected chi connectivity index (χ4v) is 4.74. The Kier molecular flexibility index (Phi) is 5.89. The van der Waals surface area contributed by atoms with E-state index in [1.165, 1.54) is 11.3 Å². The van der Waals surface area contributed by atoms with Crippen molar-refractivity contribution in [1.29, 1.82) is 5.26 Å². The van der Waals surface area contributed by atoms with Crippen molar-refractivity contribution < 1.29 is 9.59 Å². The molecular formula is C20H22N4O2S. The van der Waals surface area contributed by atoms with Crippen LogP contribution in [0.5, 0.6) is 0 Å². The smallest absolute Gasteiger partial charge is 0.251 e. The number of nitrogens with one attached hydrogen (secondary N) is 1. The Morgan fingerprint density at radius 1 is 1.33 bits per heavy atom. The maximum Gasteiger partial charge on any atom is 0.251 e. The van der Waals surface area contributed by atoms with Gasteiger partial charge in [0.05, 0.1) is 23.7 Å². The van der Waals surface area contributed by atoms with Gasteiger partial charge in [-0.3, -0.25) is 14.5 Å². The molecule has 1 aliphatic rings. The van der Waals surface area contributed by atoms with E-state index >= 15 is 0 Å². The Morgan fingerprint density at radius 3 is 2.85 bits per heavy atom. The molecule has 2 amide bonds. The van der Waals surface area contributed by atoms with Gasteiger partial charge in [-0.1, -0.05) is 12.1 Å². The van der Waals surface area contributed by atoms with Crippen LogP contribution in [0.4, 0.5) is 5.00 Å². The Morgan fingerprint density at radius 2 is 2.11 bits per heavy atom. The second-order valence-corrected chi connectivity index (χ2v) is 7.92. The van der Waals surface area contributed by atoms with Gasteiger partial charge in [-0.2, -0.15) is 5.26 Å². The van der Waals surface area contributed by atoms with E-state index in [0.29, 0.717) is 22.7 Å². The Hall–Kier alpha value is -2.69. The number of thiophene rings is 1. The Bertz CT molecular complexity index is 913. The average molecular weight is 382 g/mol. The molecule has 0 unspecified atom stereocenters. The first-order valence-electron chi connectivity index (χ1n) is 8.89. The Labute approximate surface area is 162 Å². The molecule has 0 aliphatic heterocycles. The number of aryl methyl sites for hydroxylation is 1. The van der Waals surface area contributed by atoms with Crippen molar-refractivity contribution in [2.45, 2.75) is 32.2 Å². The predicted octanol–water partition coefficient (Wildman–Crippen LogP) is 2.67. The highest BCUT2D eigenvalue weighted by Crippen LogP contribution is 2.37. The first-order valence-corrected chi connectivity index (χ1v) is 9.71. The van der Waals surface area contributed by atoms with Crippen molar-refractivity contribution in [3.63, 3.8) is 0 Å². The average Bonchev–Trinajstić information content (AvgIpc) is 2.99. The van der Waals surface area contributed by atoms with Crippen molar-refractivity contribution in [3.05, 3.63) is 51.4 Å². The highest BCUT2D eigenvalue weighted by atomic mass is 32.1. The maximum absolute atomic E-state index is 12.5. The fourth-order valence-electron chi connectivity index (χ4n) is 3.43. The number of carbonyl (C=O) groups excluding carboxylic acids is 2. The summed E-state index contributed by atoms with van der Waals surface area (Å²) in [7, 11) is 1.84. The van der Waals surface area contributed by atoms with Crippen LogP contribution in [0.25, 0.3) is 0 Å². The molecule has 1 aliphatic carbocycles. The number of nitrogens with two attached hydrogens (primary N) is 1. The molecule has 0 saturated carbocycles. The lowest BCUT2D eigenvalue weighted by molar-refractivity contribution is -0.117. The quantitative estimate of drug-likeness (QED) is 0.802. The third kappa shape index (κ3) is 4.54. The van der Waals surface area contributed by atoms with Crippen LogP contribution in [0.3, 0.4) is 0 Å². The van der Waals surface area contributed by atoms with E-state index in [1.807, 2.05) is 30.1 Å². The van der Waals surface area contributed by atoms with E-state index in [4.69, 9.17) is 11.0 Å². The summed E-state index contributed by atoms with van der Waals surface area (Å²) >= 11 is 1.47. The number of benzene rings is 1. The van der Waals surface area contributed by atoms with Gasteiger partial charge in [0.2, 0.25) is 5.91 Å². The maximum atomic E-state index is 12.5. The number of anilines is 1. The van der Waals surface area contributed by atoms with Gasteiger partial charge in [0, 0.05) is 11.4 Å². The number of nitriles is 1. The highest BCUT2D eigenvalue weighted by molar-refractivity contribution is 7.17. The molecule has 7 heteroatoms. The number of nitrogens with zero attached hydrogens (tertiary/aromatic N) is 2. The zero-order valence-electron chi connectivity index (χ0n) is 15.2. The number of rotatable bonds is 6. The minimum Gasteiger partial charge on any atom is -0.365 e. The summed E-state index contributed by atoms with van der Waals surface area (Å²) in [4.78, 5) is 27.4. The summed E-state index contributed by atoms with van der Waals surface area (Å²) in [6, 6.07) is 9.43. The Balaban J connectivity index is 1.66. The molecule has 0 atom stereocenters. The van der Waals surface area contributed by atoms with Gasteiger partial charge < -0.3 is 11.1 Å². The topological polar surface area (TPSA) is 99.2 Å². The van der Waals surface area contributed by atoms with Crippen LogP contribution < -0.4 is 11.1 Å². The molecule has 6 nitrogen and oxygen atoms in total. The number of hydrogen-bond donors (Lipinski definition) is 2. The van der Waals surface area contributed by atoms with Crippen molar-refractivity contribution in [2.24, 2.45) is 5.73 Å². The predicted molar refractivity (Wildman–Crippen MR) is 106 cm³/mol. The van der Waals surface area contributed by atoms with Crippen LogP contribution in [0.1, 0.15) is 44.8 Å². The molecule has 140 valence electrons. The van der Waals surface area contributed by atoms with Crippen LogP contribution in [0.2, 0.25) is 0 Å².